The summed E-state index contributed by atoms with van der Waals surface area (Å²) in [6, 6.07) is 15.2. The van der Waals surface area contributed by atoms with Crippen LogP contribution in [-0.4, -0.2) is 29.3 Å². The van der Waals surface area contributed by atoms with Gasteiger partial charge in [-0.1, -0.05) is 46.1 Å². The summed E-state index contributed by atoms with van der Waals surface area (Å²) < 4.78 is 1.01. The van der Waals surface area contributed by atoms with Crippen molar-refractivity contribution in [1.82, 2.24) is 4.90 Å². The molecule has 0 radical (unpaired) electrons. The molecule has 0 N–H and O–H groups in total. The summed E-state index contributed by atoms with van der Waals surface area (Å²) >= 11 is 9.49. The van der Waals surface area contributed by atoms with Crippen molar-refractivity contribution in [2.24, 2.45) is 11.8 Å². The van der Waals surface area contributed by atoms with Crippen LogP contribution in [-0.2, 0) is 9.59 Å². The molecule has 0 aromatic heterocycles. The van der Waals surface area contributed by atoms with Gasteiger partial charge in [0.1, 0.15) is 0 Å². The first-order chi connectivity index (χ1) is 13.6. The minimum Gasteiger partial charge on any atom is -0.292 e. The Morgan fingerprint density at radius 2 is 1.57 bits per heavy atom. The third-order valence-corrected chi connectivity index (χ3v) is 7.18. The first-order valence-electron chi connectivity index (χ1n) is 9.71. The van der Waals surface area contributed by atoms with E-state index >= 15 is 0 Å². The van der Waals surface area contributed by atoms with Crippen LogP contribution in [0.1, 0.15) is 30.9 Å². The van der Waals surface area contributed by atoms with Gasteiger partial charge in [-0.25, -0.2) is 4.90 Å². The van der Waals surface area contributed by atoms with E-state index in [1.807, 2.05) is 12.1 Å². The molecule has 4 atom stereocenters. The highest BCUT2D eigenvalue weighted by Gasteiger charge is 2.62. The SMILES string of the molecule is O=C1C2C(C(=O)N1c1ccc(Cl)cc1)C(c1ccc(Br)cc1)N1CCCCC21. The van der Waals surface area contributed by atoms with Gasteiger partial charge in [-0.15, -0.1) is 0 Å². The van der Waals surface area contributed by atoms with Gasteiger partial charge in [0.15, 0.2) is 0 Å². The summed E-state index contributed by atoms with van der Waals surface area (Å²) in [6.07, 6.45) is 3.20. The van der Waals surface area contributed by atoms with Crippen LogP contribution in [0.25, 0.3) is 0 Å². The highest BCUT2D eigenvalue weighted by Crippen LogP contribution is 2.53. The van der Waals surface area contributed by atoms with Crippen LogP contribution in [0.2, 0.25) is 5.02 Å². The average molecular weight is 460 g/mol. The van der Waals surface area contributed by atoms with Crippen molar-refractivity contribution in [3.05, 3.63) is 63.6 Å². The molecule has 3 heterocycles. The monoisotopic (exact) mass is 458 g/mol. The molecule has 0 saturated carbocycles. The lowest BCUT2D eigenvalue weighted by Gasteiger charge is -2.36. The van der Waals surface area contributed by atoms with Gasteiger partial charge in [0.05, 0.1) is 17.5 Å². The third kappa shape index (κ3) is 2.75. The highest BCUT2D eigenvalue weighted by atomic mass is 79.9. The van der Waals surface area contributed by atoms with Gasteiger partial charge in [-0.3, -0.25) is 14.5 Å². The highest BCUT2D eigenvalue weighted by molar-refractivity contribution is 9.10. The van der Waals surface area contributed by atoms with Gasteiger partial charge in [-0.2, -0.15) is 0 Å². The minimum absolute atomic E-state index is 0.0443. The Kier molecular flexibility index (Phi) is 4.57. The number of hydrogen-bond acceptors (Lipinski definition) is 3. The minimum atomic E-state index is -0.326. The fraction of sp³-hybridized carbons (Fsp3) is 0.364. The van der Waals surface area contributed by atoms with Crippen molar-refractivity contribution in [2.45, 2.75) is 31.3 Å². The number of piperidine rings is 1. The summed E-state index contributed by atoms with van der Waals surface area (Å²) in [7, 11) is 0. The van der Waals surface area contributed by atoms with Crippen molar-refractivity contribution in [3.63, 3.8) is 0 Å². The van der Waals surface area contributed by atoms with Gasteiger partial charge in [-0.05, 0) is 61.3 Å². The Labute approximate surface area is 177 Å². The molecule has 0 aliphatic carbocycles. The quantitative estimate of drug-likeness (QED) is 0.605. The largest absolute Gasteiger partial charge is 0.292 e. The molecule has 5 rings (SSSR count). The van der Waals surface area contributed by atoms with Crippen LogP contribution in [0.4, 0.5) is 5.69 Å². The van der Waals surface area contributed by atoms with E-state index in [-0.39, 0.29) is 35.7 Å². The Bertz CT molecular complexity index is 931. The zero-order valence-corrected chi connectivity index (χ0v) is 17.6. The van der Waals surface area contributed by atoms with Crippen molar-refractivity contribution in [2.75, 3.05) is 11.4 Å². The second-order valence-corrected chi connectivity index (χ2v) is 9.19. The predicted octanol–water partition coefficient (Wildman–Crippen LogP) is 4.82. The number of benzene rings is 2. The maximum atomic E-state index is 13.5. The summed E-state index contributed by atoms with van der Waals surface area (Å²) in [5.41, 5.74) is 1.73. The van der Waals surface area contributed by atoms with Gasteiger partial charge in [0, 0.05) is 21.6 Å². The van der Waals surface area contributed by atoms with Crippen LogP contribution in [0, 0.1) is 11.8 Å². The number of rotatable bonds is 2. The number of fused-ring (bicyclic) bond motifs is 3. The Morgan fingerprint density at radius 3 is 2.29 bits per heavy atom. The average Bonchev–Trinajstić information content (AvgIpc) is 3.17. The normalized spacial score (nSPS) is 29.9. The van der Waals surface area contributed by atoms with Crippen LogP contribution in [0.5, 0.6) is 0 Å². The summed E-state index contributed by atoms with van der Waals surface area (Å²) in [5.74, 6) is -0.738. The van der Waals surface area contributed by atoms with E-state index < -0.39 is 0 Å². The second kappa shape index (κ2) is 6.97. The third-order valence-electron chi connectivity index (χ3n) is 6.40. The fourth-order valence-corrected chi connectivity index (χ4v) is 5.66. The number of nitrogens with zero attached hydrogens (tertiary/aromatic N) is 2. The molecule has 3 fully saturated rings. The molecule has 2 amide bonds. The summed E-state index contributed by atoms with van der Waals surface area (Å²) in [6.45, 7) is 0.944. The molecule has 3 aliphatic heterocycles. The lowest BCUT2D eigenvalue weighted by atomic mass is 9.85. The maximum Gasteiger partial charge on any atom is 0.239 e. The molecule has 6 heteroatoms. The van der Waals surface area contributed by atoms with Gasteiger partial charge in [0.25, 0.3) is 0 Å². The molecule has 4 unspecified atom stereocenters. The molecule has 3 aliphatic rings. The number of carbonyl (C=O) groups excluding carboxylic acids is 2. The lowest BCUT2D eigenvalue weighted by molar-refractivity contribution is -0.124. The van der Waals surface area contributed by atoms with Crippen molar-refractivity contribution >= 4 is 45.0 Å². The Hall–Kier alpha value is -1.69. The molecule has 2 aromatic carbocycles. The molecular weight excluding hydrogens is 440 g/mol. The number of halogens is 2. The molecule has 28 heavy (non-hydrogen) atoms. The fourth-order valence-electron chi connectivity index (χ4n) is 5.27. The second-order valence-electron chi connectivity index (χ2n) is 7.84. The predicted molar refractivity (Wildman–Crippen MR) is 112 cm³/mol. The molecule has 2 aromatic rings. The molecule has 0 spiro atoms. The van der Waals surface area contributed by atoms with E-state index in [2.05, 4.69) is 33.0 Å². The summed E-state index contributed by atoms with van der Waals surface area (Å²) in [4.78, 5) is 30.7. The Morgan fingerprint density at radius 1 is 0.893 bits per heavy atom. The molecule has 0 bridgehead atoms. The van der Waals surface area contributed by atoms with Crippen LogP contribution < -0.4 is 4.90 Å². The van der Waals surface area contributed by atoms with E-state index in [9.17, 15) is 9.59 Å². The van der Waals surface area contributed by atoms with Crippen molar-refractivity contribution < 1.29 is 9.59 Å². The van der Waals surface area contributed by atoms with Crippen LogP contribution in [0.3, 0.4) is 0 Å². The zero-order chi connectivity index (χ0) is 19.4. The first-order valence-corrected chi connectivity index (χ1v) is 10.9. The lowest BCUT2D eigenvalue weighted by Crippen LogP contribution is -2.44. The molecule has 3 saturated heterocycles. The summed E-state index contributed by atoms with van der Waals surface area (Å²) in [5, 5.41) is 0.592. The number of anilines is 1. The van der Waals surface area contributed by atoms with Gasteiger partial charge in [0.2, 0.25) is 11.8 Å². The number of carbonyl (C=O) groups is 2. The van der Waals surface area contributed by atoms with Crippen molar-refractivity contribution in [3.8, 4) is 0 Å². The van der Waals surface area contributed by atoms with E-state index in [4.69, 9.17) is 11.6 Å². The van der Waals surface area contributed by atoms with E-state index in [1.54, 1.807) is 24.3 Å². The van der Waals surface area contributed by atoms with E-state index in [0.29, 0.717) is 10.7 Å². The smallest absolute Gasteiger partial charge is 0.239 e. The molecule has 4 nitrogen and oxygen atoms in total. The van der Waals surface area contributed by atoms with Crippen molar-refractivity contribution in [1.29, 1.82) is 0 Å². The standard InChI is InChI=1S/C22H20BrClN2O2/c23-14-6-4-13(5-7-14)20-19-18(17-3-1-2-12-25(17)20)21(27)26(22(19)28)16-10-8-15(24)9-11-16/h4-11,17-20H,1-3,12H2. The number of imide groups is 1. The number of amides is 2. The van der Waals surface area contributed by atoms with Crippen LogP contribution in [0.15, 0.2) is 53.0 Å². The molecular formula is C22H20BrClN2O2. The van der Waals surface area contributed by atoms with E-state index in [0.717, 1.165) is 35.8 Å². The maximum absolute atomic E-state index is 13.5. The van der Waals surface area contributed by atoms with Crippen LogP contribution >= 0.6 is 27.5 Å². The molecule has 144 valence electrons. The topological polar surface area (TPSA) is 40.6 Å². The van der Waals surface area contributed by atoms with E-state index in [1.165, 1.54) is 4.90 Å². The van der Waals surface area contributed by atoms with Gasteiger partial charge < -0.3 is 0 Å². The first kappa shape index (κ1) is 18.3. The number of hydrogen-bond donors (Lipinski definition) is 0. The zero-order valence-electron chi connectivity index (χ0n) is 15.2. The van der Waals surface area contributed by atoms with Gasteiger partial charge >= 0.3 is 0 Å². The Balaban J connectivity index is 1.58.